The van der Waals surface area contributed by atoms with E-state index in [-0.39, 0.29) is 12.0 Å². The zero-order valence-corrected chi connectivity index (χ0v) is 22.5. The monoisotopic (exact) mass is 525 g/mol. The van der Waals surface area contributed by atoms with Gasteiger partial charge in [0.2, 0.25) is 0 Å². The van der Waals surface area contributed by atoms with E-state index in [0.29, 0.717) is 0 Å². The molecule has 2 heterocycles. The van der Waals surface area contributed by atoms with Crippen LogP contribution in [0.25, 0.3) is 27.9 Å². The number of hydrogen-bond acceptors (Lipinski definition) is 2. The largest absolute Gasteiger partial charge is 0.292 e. The molecule has 6 aliphatic rings. The van der Waals surface area contributed by atoms with E-state index in [1.807, 2.05) is 12.3 Å². The molecular weight excluding hydrogens is 498 g/mol. The van der Waals surface area contributed by atoms with Crippen LogP contribution in [0.5, 0.6) is 0 Å². The van der Waals surface area contributed by atoms with Gasteiger partial charge in [-0.2, -0.15) is 0 Å². The first-order chi connectivity index (χ1) is 20.3. The van der Waals surface area contributed by atoms with Gasteiger partial charge in [-0.15, -0.1) is 0 Å². The van der Waals surface area contributed by atoms with Gasteiger partial charge in [0, 0.05) is 23.4 Å². The zero-order chi connectivity index (χ0) is 26.9. The first-order valence-electron chi connectivity index (χ1n) is 14.5. The maximum atomic E-state index is 5.05. The lowest BCUT2D eigenvalue weighted by atomic mass is 9.65. The van der Waals surface area contributed by atoms with Crippen molar-refractivity contribution in [1.82, 2.24) is 9.55 Å². The fourth-order valence-electron chi connectivity index (χ4n) is 7.12. The van der Waals surface area contributed by atoms with Gasteiger partial charge < -0.3 is 0 Å². The molecule has 3 heteroatoms. The number of aliphatic imine (C=N–C) groups is 1. The van der Waals surface area contributed by atoms with Crippen LogP contribution in [0.1, 0.15) is 24.2 Å². The first kappa shape index (κ1) is 22.8. The Morgan fingerprint density at radius 3 is 2.63 bits per heavy atom. The number of hydrogen-bond donors (Lipinski definition) is 0. The summed E-state index contributed by atoms with van der Waals surface area (Å²) in [4.78, 5) is 9.89. The topological polar surface area (TPSA) is 30.2 Å². The third-order valence-electron chi connectivity index (χ3n) is 9.00. The van der Waals surface area contributed by atoms with Crippen molar-refractivity contribution >= 4 is 28.4 Å². The smallest absolute Gasteiger partial charge is 0.145 e. The lowest BCUT2D eigenvalue weighted by molar-refractivity contribution is 0.786. The quantitative estimate of drug-likeness (QED) is 0.338. The predicted octanol–water partition coefficient (Wildman–Crippen LogP) is 8.38. The average Bonchev–Trinajstić information content (AvgIpc) is 3.43. The van der Waals surface area contributed by atoms with Crippen LogP contribution in [-0.4, -0.2) is 21.8 Å². The van der Waals surface area contributed by atoms with Crippen LogP contribution in [0.15, 0.2) is 160 Å². The Labute approximate surface area is 239 Å². The summed E-state index contributed by atoms with van der Waals surface area (Å²) in [5.74, 6) is 1.26. The average molecular weight is 526 g/mol. The number of para-hydroxylation sites is 2. The Morgan fingerprint density at radius 2 is 1.73 bits per heavy atom. The number of benzene rings is 2. The van der Waals surface area contributed by atoms with Gasteiger partial charge >= 0.3 is 0 Å². The molecule has 0 saturated carbocycles. The molecule has 41 heavy (non-hydrogen) atoms. The van der Waals surface area contributed by atoms with Crippen molar-refractivity contribution < 1.29 is 0 Å². The molecule has 0 saturated heterocycles. The summed E-state index contributed by atoms with van der Waals surface area (Å²) in [6, 6.07) is 17.6. The summed E-state index contributed by atoms with van der Waals surface area (Å²) in [7, 11) is 0. The molecule has 0 spiro atoms. The molecule has 3 aromatic rings. The Morgan fingerprint density at radius 1 is 0.805 bits per heavy atom. The van der Waals surface area contributed by atoms with Gasteiger partial charge in [-0.25, -0.2) is 4.98 Å². The van der Waals surface area contributed by atoms with E-state index < -0.39 is 0 Å². The van der Waals surface area contributed by atoms with Crippen LogP contribution >= 0.6 is 0 Å². The van der Waals surface area contributed by atoms with E-state index in [1.54, 1.807) is 0 Å². The minimum absolute atomic E-state index is 0.103. The summed E-state index contributed by atoms with van der Waals surface area (Å²) in [6.45, 7) is 0. The van der Waals surface area contributed by atoms with Crippen LogP contribution in [0.4, 0.5) is 0 Å². The Bertz CT molecular complexity index is 2020. The molecule has 2 unspecified atom stereocenters. The highest BCUT2D eigenvalue weighted by Crippen LogP contribution is 2.51. The van der Waals surface area contributed by atoms with Gasteiger partial charge in [-0.1, -0.05) is 85.0 Å². The molecule has 1 aromatic heterocycles. The van der Waals surface area contributed by atoms with E-state index >= 15 is 0 Å². The van der Waals surface area contributed by atoms with Crippen molar-refractivity contribution in [3.63, 3.8) is 0 Å². The van der Waals surface area contributed by atoms with Crippen molar-refractivity contribution in [2.45, 2.75) is 18.9 Å². The highest BCUT2D eigenvalue weighted by Gasteiger charge is 2.38. The maximum Gasteiger partial charge on any atom is 0.145 e. The molecule has 0 fully saturated rings. The second kappa shape index (κ2) is 8.74. The van der Waals surface area contributed by atoms with Crippen LogP contribution < -0.4 is 0 Å². The second-order valence-corrected chi connectivity index (χ2v) is 11.3. The highest BCUT2D eigenvalue weighted by atomic mass is 15.1. The first-order valence-corrected chi connectivity index (χ1v) is 14.5. The molecule has 9 rings (SSSR count). The summed E-state index contributed by atoms with van der Waals surface area (Å²) in [6.07, 6.45) is 31.3. The highest BCUT2D eigenvalue weighted by molar-refractivity contribution is 5.88. The Kier molecular flexibility index (Phi) is 4.85. The van der Waals surface area contributed by atoms with E-state index in [0.717, 1.165) is 35.4 Å². The fourth-order valence-corrected chi connectivity index (χ4v) is 7.12. The van der Waals surface area contributed by atoms with Gasteiger partial charge in [0.15, 0.2) is 0 Å². The summed E-state index contributed by atoms with van der Waals surface area (Å²) >= 11 is 0. The lowest BCUT2D eigenvalue weighted by Crippen LogP contribution is -2.29. The second-order valence-electron chi connectivity index (χ2n) is 11.3. The van der Waals surface area contributed by atoms with E-state index in [2.05, 4.69) is 120 Å². The van der Waals surface area contributed by atoms with E-state index in [4.69, 9.17) is 9.98 Å². The standard InChI is InChI=1S/C38H27N3/c1-2-7-26(8-3-1)38-40-33-10-4-5-11-34(33)41(38)29-17-12-24(13-18-29)30-19-14-25-15-21-32-36-27(16-20-31(30)35(25)36)23-28-9-6-22-39-37(28)32/h2,4-23,35,37H,1,3H2. The molecule has 0 radical (unpaired) electrons. The predicted molar refractivity (Wildman–Crippen MR) is 169 cm³/mol. The fraction of sp³-hybridized carbons (Fsp3) is 0.105. The van der Waals surface area contributed by atoms with Crippen LogP contribution in [0, 0.1) is 5.92 Å². The van der Waals surface area contributed by atoms with Crippen LogP contribution in [0.2, 0.25) is 0 Å². The van der Waals surface area contributed by atoms with Gasteiger partial charge in [0.1, 0.15) is 11.9 Å². The molecule has 1 aliphatic heterocycles. The van der Waals surface area contributed by atoms with Crippen LogP contribution in [0.3, 0.4) is 0 Å². The maximum absolute atomic E-state index is 5.05. The molecule has 2 atom stereocenters. The normalized spacial score (nSPS) is 23.3. The molecule has 194 valence electrons. The van der Waals surface area contributed by atoms with Crippen LogP contribution in [-0.2, 0) is 0 Å². The van der Waals surface area contributed by atoms with Crippen molar-refractivity contribution in [2.24, 2.45) is 10.9 Å². The molecule has 2 aromatic carbocycles. The number of aromatic nitrogens is 2. The number of fused-ring (bicyclic) bond motifs is 3. The van der Waals surface area contributed by atoms with E-state index in [9.17, 15) is 0 Å². The van der Waals surface area contributed by atoms with Gasteiger partial charge in [0.05, 0.1) is 11.0 Å². The summed E-state index contributed by atoms with van der Waals surface area (Å²) < 4.78 is 2.30. The SMILES string of the molecule is C1=CC2=CC3=C4C(=CC=C5C=CC(c6ccc(-n7c(C8=CCCC=C8)nc8ccccc87)cc6)=C(C=C3)C54)C2N=C1. The number of rotatable bonds is 3. The number of allylic oxidation sites excluding steroid dienone is 16. The molecule has 3 nitrogen and oxygen atoms in total. The van der Waals surface area contributed by atoms with Crippen molar-refractivity contribution in [2.75, 3.05) is 0 Å². The molecule has 0 bridgehead atoms. The van der Waals surface area contributed by atoms with Crippen molar-refractivity contribution in [1.29, 1.82) is 0 Å². The molecule has 5 aliphatic carbocycles. The third-order valence-corrected chi connectivity index (χ3v) is 9.00. The number of nitrogens with zero attached hydrogens (tertiary/aromatic N) is 3. The number of imidazole rings is 1. The van der Waals surface area contributed by atoms with Gasteiger partial charge in [0.25, 0.3) is 0 Å². The van der Waals surface area contributed by atoms with Crippen molar-refractivity contribution in [3.05, 3.63) is 166 Å². The lowest BCUT2D eigenvalue weighted by Gasteiger charge is -2.39. The number of dihydropyridines is 1. The minimum atomic E-state index is 0.103. The Hall–Kier alpha value is -5.02. The molecular formula is C38H27N3. The Balaban J connectivity index is 1.14. The van der Waals surface area contributed by atoms with Gasteiger partial charge in [-0.3, -0.25) is 9.56 Å². The minimum Gasteiger partial charge on any atom is -0.292 e. The van der Waals surface area contributed by atoms with Gasteiger partial charge in [-0.05, 0) is 93.8 Å². The summed E-state index contributed by atoms with van der Waals surface area (Å²) in [5, 5.41) is 0. The third kappa shape index (κ3) is 3.39. The summed E-state index contributed by atoms with van der Waals surface area (Å²) in [5.41, 5.74) is 15.1. The zero-order valence-electron chi connectivity index (χ0n) is 22.5. The molecule has 0 amide bonds. The van der Waals surface area contributed by atoms with E-state index in [1.165, 1.54) is 50.1 Å². The molecule has 0 N–H and O–H groups in total. The van der Waals surface area contributed by atoms with Crippen molar-refractivity contribution in [3.8, 4) is 5.69 Å².